The van der Waals surface area contributed by atoms with E-state index in [0.29, 0.717) is 5.75 Å². The predicted molar refractivity (Wildman–Crippen MR) is 67.6 cm³/mol. The third-order valence-electron chi connectivity index (χ3n) is 2.00. The molecule has 94 valence electrons. The minimum absolute atomic E-state index is 0.00825. The van der Waals surface area contributed by atoms with Crippen molar-refractivity contribution in [2.24, 2.45) is 0 Å². The Balaban J connectivity index is 2.61. The van der Waals surface area contributed by atoms with Crippen molar-refractivity contribution in [3.8, 4) is 0 Å². The first-order chi connectivity index (χ1) is 7.90. The molecular formula is C10H14N2O3S2. The monoisotopic (exact) mass is 274 g/mol. The number of aryl methyl sites for hydroxylation is 1. The summed E-state index contributed by atoms with van der Waals surface area (Å²) >= 11 is 2.68. The van der Waals surface area contributed by atoms with E-state index >= 15 is 0 Å². The van der Waals surface area contributed by atoms with Crippen LogP contribution in [0.3, 0.4) is 0 Å². The largest absolute Gasteiger partial charge is 0.481 e. The van der Waals surface area contributed by atoms with E-state index in [-0.39, 0.29) is 12.3 Å². The predicted octanol–water partition coefficient (Wildman–Crippen LogP) is 1.26. The highest BCUT2D eigenvalue weighted by molar-refractivity contribution is 8.01. The molecule has 0 saturated heterocycles. The van der Waals surface area contributed by atoms with Crippen LogP contribution in [0.15, 0.2) is 4.34 Å². The number of carbonyl (C=O) groups excluding carboxylic acids is 1. The molecule has 0 aromatic carbocycles. The average Bonchev–Trinajstić information content (AvgIpc) is 2.55. The van der Waals surface area contributed by atoms with Gasteiger partial charge in [-0.25, -0.2) is 4.98 Å². The maximum Gasteiger partial charge on any atom is 0.308 e. The molecule has 0 saturated carbocycles. The van der Waals surface area contributed by atoms with Gasteiger partial charge >= 0.3 is 5.97 Å². The van der Waals surface area contributed by atoms with Crippen LogP contribution >= 0.6 is 23.1 Å². The Kier molecular flexibility index (Phi) is 4.95. The Bertz CT molecular complexity index is 429. The molecule has 0 aliphatic heterocycles. The highest BCUT2D eigenvalue weighted by Crippen LogP contribution is 2.27. The summed E-state index contributed by atoms with van der Waals surface area (Å²) in [5.74, 6) is -0.521. The Morgan fingerprint density at radius 2 is 2.12 bits per heavy atom. The number of carbonyl (C=O) groups is 2. The van der Waals surface area contributed by atoms with Crippen LogP contribution in [0, 0.1) is 6.92 Å². The second-order valence-corrected chi connectivity index (χ2v) is 5.94. The Morgan fingerprint density at radius 3 is 2.65 bits per heavy atom. The molecule has 1 heterocycles. The second-order valence-electron chi connectivity index (χ2n) is 3.64. The van der Waals surface area contributed by atoms with Crippen LogP contribution in [0.2, 0.25) is 0 Å². The van der Waals surface area contributed by atoms with Gasteiger partial charge < -0.3 is 10.0 Å². The van der Waals surface area contributed by atoms with Gasteiger partial charge in [0.15, 0.2) is 4.34 Å². The van der Waals surface area contributed by atoms with Gasteiger partial charge in [0, 0.05) is 19.0 Å². The normalized spacial score (nSPS) is 10.3. The van der Waals surface area contributed by atoms with Crippen molar-refractivity contribution < 1.29 is 14.7 Å². The van der Waals surface area contributed by atoms with E-state index < -0.39 is 5.97 Å². The van der Waals surface area contributed by atoms with Crippen molar-refractivity contribution in [2.75, 3.05) is 19.8 Å². The zero-order valence-electron chi connectivity index (χ0n) is 9.89. The van der Waals surface area contributed by atoms with E-state index in [1.165, 1.54) is 28.0 Å². The molecule has 1 aromatic heterocycles. The molecule has 0 aliphatic rings. The molecule has 0 spiro atoms. The zero-order valence-corrected chi connectivity index (χ0v) is 11.5. The molecule has 1 N–H and O–H groups in total. The summed E-state index contributed by atoms with van der Waals surface area (Å²) in [4.78, 5) is 28.5. The lowest BCUT2D eigenvalue weighted by atomic mass is 10.3. The fourth-order valence-electron chi connectivity index (χ4n) is 1.02. The van der Waals surface area contributed by atoms with E-state index in [4.69, 9.17) is 5.11 Å². The molecule has 1 amide bonds. The van der Waals surface area contributed by atoms with Gasteiger partial charge in [0.2, 0.25) is 5.91 Å². The minimum atomic E-state index is -0.863. The van der Waals surface area contributed by atoms with Crippen molar-refractivity contribution in [1.29, 1.82) is 0 Å². The van der Waals surface area contributed by atoms with E-state index in [9.17, 15) is 9.59 Å². The second kappa shape index (κ2) is 6.02. The zero-order chi connectivity index (χ0) is 13.0. The topological polar surface area (TPSA) is 70.5 Å². The van der Waals surface area contributed by atoms with Crippen LogP contribution in [-0.4, -0.2) is 46.7 Å². The Labute approximate surface area is 108 Å². The van der Waals surface area contributed by atoms with Crippen molar-refractivity contribution in [3.63, 3.8) is 0 Å². The summed E-state index contributed by atoms with van der Waals surface area (Å²) in [6.45, 7) is 1.78. The number of carboxylic acid groups (broad SMARTS) is 1. The summed E-state index contributed by atoms with van der Waals surface area (Å²) in [6.07, 6.45) is -0.00825. The smallest absolute Gasteiger partial charge is 0.308 e. The molecule has 5 nitrogen and oxygen atoms in total. The number of thiazole rings is 1. The molecule has 0 bridgehead atoms. The molecular weight excluding hydrogens is 260 g/mol. The highest BCUT2D eigenvalue weighted by atomic mass is 32.2. The maximum atomic E-state index is 11.4. The van der Waals surface area contributed by atoms with E-state index in [1.807, 2.05) is 0 Å². The quantitative estimate of drug-likeness (QED) is 0.819. The fraction of sp³-hybridized carbons (Fsp3) is 0.500. The van der Waals surface area contributed by atoms with Crippen LogP contribution in [0.1, 0.15) is 10.6 Å². The van der Waals surface area contributed by atoms with Crippen LogP contribution < -0.4 is 0 Å². The number of hydrogen-bond acceptors (Lipinski definition) is 5. The van der Waals surface area contributed by atoms with Crippen LogP contribution in [0.5, 0.6) is 0 Å². The summed E-state index contributed by atoms with van der Waals surface area (Å²) < 4.78 is 0.744. The lowest BCUT2D eigenvalue weighted by Crippen LogP contribution is -2.23. The van der Waals surface area contributed by atoms with Gasteiger partial charge in [-0.05, 0) is 6.92 Å². The molecule has 1 rings (SSSR count). The molecule has 0 fully saturated rings. The van der Waals surface area contributed by atoms with Crippen molar-refractivity contribution in [3.05, 3.63) is 10.6 Å². The SMILES string of the molecule is Cc1nc(SCC(=O)N(C)C)sc1CC(=O)O. The number of aromatic nitrogens is 1. The number of carboxylic acids is 1. The molecule has 1 aromatic rings. The number of rotatable bonds is 5. The molecule has 0 atom stereocenters. The number of amides is 1. The summed E-state index contributed by atoms with van der Waals surface area (Å²) in [5, 5.41) is 8.70. The van der Waals surface area contributed by atoms with Crippen LogP contribution in [0.25, 0.3) is 0 Å². The number of thioether (sulfide) groups is 1. The van der Waals surface area contributed by atoms with Gasteiger partial charge in [0.05, 0.1) is 17.9 Å². The number of hydrogen-bond donors (Lipinski definition) is 1. The lowest BCUT2D eigenvalue weighted by Gasteiger charge is -2.07. The molecule has 0 aliphatic carbocycles. The van der Waals surface area contributed by atoms with Gasteiger partial charge in [-0.1, -0.05) is 11.8 Å². The molecule has 0 radical (unpaired) electrons. The first kappa shape index (κ1) is 14.0. The van der Waals surface area contributed by atoms with E-state index in [2.05, 4.69) is 4.98 Å². The number of aliphatic carboxylic acids is 1. The third kappa shape index (κ3) is 4.35. The summed E-state index contributed by atoms with van der Waals surface area (Å²) in [7, 11) is 3.40. The Morgan fingerprint density at radius 1 is 1.47 bits per heavy atom. The van der Waals surface area contributed by atoms with Crippen molar-refractivity contribution >= 4 is 35.0 Å². The lowest BCUT2D eigenvalue weighted by molar-refractivity contribution is -0.136. The average molecular weight is 274 g/mol. The minimum Gasteiger partial charge on any atom is -0.481 e. The van der Waals surface area contributed by atoms with Crippen molar-refractivity contribution in [1.82, 2.24) is 9.88 Å². The standard InChI is InChI=1S/C10H14N2O3S2/c1-6-7(4-9(14)15)17-10(11-6)16-5-8(13)12(2)3/h4-5H2,1-3H3,(H,14,15). The van der Waals surface area contributed by atoms with Crippen LogP contribution in [0.4, 0.5) is 0 Å². The maximum absolute atomic E-state index is 11.4. The van der Waals surface area contributed by atoms with E-state index in [1.54, 1.807) is 21.0 Å². The van der Waals surface area contributed by atoms with E-state index in [0.717, 1.165) is 14.9 Å². The van der Waals surface area contributed by atoms with Gasteiger partial charge in [-0.3, -0.25) is 9.59 Å². The third-order valence-corrected chi connectivity index (χ3v) is 4.29. The molecule has 0 unspecified atom stereocenters. The molecule has 17 heavy (non-hydrogen) atoms. The van der Waals surface area contributed by atoms with Crippen LogP contribution in [-0.2, 0) is 16.0 Å². The van der Waals surface area contributed by atoms with Gasteiger partial charge in [-0.15, -0.1) is 11.3 Å². The first-order valence-electron chi connectivity index (χ1n) is 4.91. The molecule has 7 heteroatoms. The number of nitrogens with zero attached hydrogens (tertiary/aromatic N) is 2. The van der Waals surface area contributed by atoms with Gasteiger partial charge in [-0.2, -0.15) is 0 Å². The fourth-order valence-corrected chi connectivity index (χ4v) is 3.22. The Hall–Kier alpha value is -1.08. The highest BCUT2D eigenvalue weighted by Gasteiger charge is 2.13. The van der Waals surface area contributed by atoms with Gasteiger partial charge in [0.25, 0.3) is 0 Å². The first-order valence-corrected chi connectivity index (χ1v) is 6.71. The van der Waals surface area contributed by atoms with Gasteiger partial charge in [0.1, 0.15) is 0 Å². The summed E-state index contributed by atoms with van der Waals surface area (Å²) in [5.41, 5.74) is 0.734. The van der Waals surface area contributed by atoms with Crippen molar-refractivity contribution in [2.45, 2.75) is 17.7 Å². The summed E-state index contributed by atoms with van der Waals surface area (Å²) in [6, 6.07) is 0.